The van der Waals surface area contributed by atoms with Crippen molar-refractivity contribution in [1.82, 2.24) is 20.3 Å². The van der Waals surface area contributed by atoms with Crippen molar-refractivity contribution in [2.75, 3.05) is 24.6 Å². The second kappa shape index (κ2) is 9.91. The average Bonchev–Trinajstić information content (AvgIpc) is 3.51. The highest BCUT2D eigenvalue weighted by molar-refractivity contribution is 5.70. The standard InChI is InChI=1S/C26H29N5O4/c1-18-23(14-27-31(18)22-7-3-2-4-8-22)25-17-30(28-35-25)21-11-9-19(10-12-21)24(32)16-29-13-5-6-20(15-29)26(33)34/h2-4,7-12,14,17,20,24,28,32H,5-6,13,15-16H2,1H3,(H,33,34)/t20-,24?/m0/s1. The van der Waals surface area contributed by atoms with Gasteiger partial charge in [-0.1, -0.05) is 35.9 Å². The molecule has 3 heterocycles. The van der Waals surface area contributed by atoms with Crippen LogP contribution in [0.5, 0.6) is 0 Å². The molecular formula is C26H29N5O4. The number of para-hydroxylation sites is 1. The van der Waals surface area contributed by atoms with Crippen molar-refractivity contribution >= 4 is 17.4 Å². The summed E-state index contributed by atoms with van der Waals surface area (Å²) in [4.78, 5) is 19.1. The Balaban J connectivity index is 1.24. The van der Waals surface area contributed by atoms with Gasteiger partial charge in [-0.15, -0.1) is 0 Å². The van der Waals surface area contributed by atoms with Crippen molar-refractivity contribution in [2.24, 2.45) is 5.92 Å². The summed E-state index contributed by atoms with van der Waals surface area (Å²) in [5, 5.41) is 26.3. The molecule has 2 aliphatic heterocycles. The Morgan fingerprint density at radius 1 is 1.17 bits per heavy atom. The monoisotopic (exact) mass is 475 g/mol. The number of nitrogens with zero attached hydrogens (tertiary/aromatic N) is 4. The molecule has 2 aliphatic rings. The predicted octanol–water partition coefficient (Wildman–Crippen LogP) is 3.27. The number of carboxylic acids is 1. The van der Waals surface area contributed by atoms with Crippen molar-refractivity contribution < 1.29 is 19.8 Å². The van der Waals surface area contributed by atoms with Gasteiger partial charge in [-0.3, -0.25) is 9.69 Å². The maximum Gasteiger partial charge on any atom is 0.307 e. The molecule has 0 radical (unpaired) electrons. The molecule has 1 unspecified atom stereocenters. The second-order valence-electron chi connectivity index (χ2n) is 8.99. The van der Waals surface area contributed by atoms with Gasteiger partial charge in [0.05, 0.1) is 47.1 Å². The van der Waals surface area contributed by atoms with Crippen molar-refractivity contribution in [2.45, 2.75) is 25.9 Å². The summed E-state index contributed by atoms with van der Waals surface area (Å²) in [6.07, 6.45) is 4.50. The van der Waals surface area contributed by atoms with Gasteiger partial charge in [0.1, 0.15) is 0 Å². The van der Waals surface area contributed by atoms with Gasteiger partial charge < -0.3 is 15.1 Å². The number of hydrogen-bond acceptors (Lipinski definition) is 7. The highest BCUT2D eigenvalue weighted by Crippen LogP contribution is 2.28. The number of hydrazine groups is 1. The molecule has 0 saturated carbocycles. The number of aromatic nitrogens is 2. The maximum atomic E-state index is 11.3. The van der Waals surface area contributed by atoms with Gasteiger partial charge in [0, 0.05) is 13.1 Å². The predicted molar refractivity (Wildman–Crippen MR) is 131 cm³/mol. The topological polar surface area (TPSA) is 103 Å². The van der Waals surface area contributed by atoms with Gasteiger partial charge in [0.15, 0.2) is 5.76 Å². The van der Waals surface area contributed by atoms with Crippen molar-refractivity contribution in [3.8, 4) is 5.69 Å². The van der Waals surface area contributed by atoms with E-state index in [1.807, 2.05) is 77.3 Å². The van der Waals surface area contributed by atoms with E-state index >= 15 is 0 Å². The lowest BCUT2D eigenvalue weighted by Crippen LogP contribution is -2.40. The number of likely N-dealkylation sites (tertiary alicyclic amines) is 1. The van der Waals surface area contributed by atoms with Crippen LogP contribution in [0.15, 0.2) is 67.0 Å². The Hall–Kier alpha value is -3.66. The van der Waals surface area contributed by atoms with Crippen LogP contribution in [0.1, 0.15) is 35.8 Å². The summed E-state index contributed by atoms with van der Waals surface area (Å²) in [6.45, 7) is 3.71. The van der Waals surface area contributed by atoms with E-state index in [-0.39, 0.29) is 5.92 Å². The van der Waals surface area contributed by atoms with Crippen LogP contribution in [0.3, 0.4) is 0 Å². The second-order valence-corrected chi connectivity index (χ2v) is 8.99. The molecule has 2 atom stereocenters. The van der Waals surface area contributed by atoms with Crippen LogP contribution in [0, 0.1) is 12.8 Å². The van der Waals surface area contributed by atoms with Crippen LogP contribution < -0.4 is 10.6 Å². The molecule has 3 aromatic rings. The number of benzene rings is 2. The maximum absolute atomic E-state index is 11.3. The normalized spacial score (nSPS) is 19.3. The van der Waals surface area contributed by atoms with Gasteiger partial charge in [-0.25, -0.2) is 9.69 Å². The number of carboxylic acid groups (broad SMARTS) is 1. The Morgan fingerprint density at radius 2 is 1.94 bits per heavy atom. The van der Waals surface area contributed by atoms with E-state index in [0.717, 1.165) is 41.2 Å². The number of aliphatic hydroxyl groups excluding tert-OH is 1. The van der Waals surface area contributed by atoms with Crippen LogP contribution in [-0.4, -0.2) is 50.5 Å². The van der Waals surface area contributed by atoms with Crippen LogP contribution in [0.2, 0.25) is 0 Å². The fraction of sp³-hybridized carbons (Fsp3) is 0.308. The molecule has 1 saturated heterocycles. The lowest BCUT2D eigenvalue weighted by molar-refractivity contribution is -0.143. The van der Waals surface area contributed by atoms with Crippen LogP contribution in [0.25, 0.3) is 11.4 Å². The minimum Gasteiger partial charge on any atom is -0.481 e. The third-order valence-electron chi connectivity index (χ3n) is 6.62. The molecule has 9 heteroatoms. The summed E-state index contributed by atoms with van der Waals surface area (Å²) >= 11 is 0. The molecule has 9 nitrogen and oxygen atoms in total. The minimum absolute atomic E-state index is 0.357. The summed E-state index contributed by atoms with van der Waals surface area (Å²) < 4.78 is 1.87. The number of piperidine rings is 1. The summed E-state index contributed by atoms with van der Waals surface area (Å²) in [6, 6.07) is 17.5. The van der Waals surface area contributed by atoms with Crippen LogP contribution >= 0.6 is 0 Å². The van der Waals surface area contributed by atoms with E-state index in [0.29, 0.717) is 25.3 Å². The summed E-state index contributed by atoms with van der Waals surface area (Å²) in [5.74, 6) is -0.459. The van der Waals surface area contributed by atoms with Gasteiger partial charge in [0.2, 0.25) is 0 Å². The zero-order chi connectivity index (χ0) is 24.4. The van der Waals surface area contributed by atoms with Crippen LogP contribution in [-0.2, 0) is 9.63 Å². The number of nitrogens with one attached hydrogen (secondary N) is 1. The molecule has 182 valence electrons. The number of rotatable bonds is 7. The smallest absolute Gasteiger partial charge is 0.307 e. The molecule has 2 aromatic carbocycles. The molecule has 35 heavy (non-hydrogen) atoms. The van der Waals surface area contributed by atoms with E-state index in [1.54, 1.807) is 11.2 Å². The molecule has 5 rings (SSSR count). The lowest BCUT2D eigenvalue weighted by atomic mass is 9.97. The molecule has 0 bridgehead atoms. The number of aliphatic carboxylic acids is 1. The lowest BCUT2D eigenvalue weighted by Gasteiger charge is -2.32. The third kappa shape index (κ3) is 4.93. The van der Waals surface area contributed by atoms with Gasteiger partial charge in [-0.2, -0.15) is 5.10 Å². The van der Waals surface area contributed by atoms with E-state index < -0.39 is 12.1 Å². The Morgan fingerprint density at radius 3 is 2.69 bits per heavy atom. The number of anilines is 1. The largest absolute Gasteiger partial charge is 0.481 e. The zero-order valence-corrected chi connectivity index (χ0v) is 19.5. The van der Waals surface area contributed by atoms with E-state index in [4.69, 9.17) is 4.84 Å². The first-order chi connectivity index (χ1) is 17.0. The van der Waals surface area contributed by atoms with Gasteiger partial charge in [-0.05, 0) is 56.1 Å². The quantitative estimate of drug-likeness (QED) is 0.479. The molecule has 0 spiro atoms. The molecule has 0 amide bonds. The van der Waals surface area contributed by atoms with Crippen molar-refractivity contribution in [3.63, 3.8) is 0 Å². The molecule has 3 N–H and O–H groups in total. The van der Waals surface area contributed by atoms with Gasteiger partial charge in [0.25, 0.3) is 0 Å². The highest BCUT2D eigenvalue weighted by atomic mass is 16.7. The van der Waals surface area contributed by atoms with Crippen molar-refractivity contribution in [1.29, 1.82) is 0 Å². The molecule has 1 aromatic heterocycles. The van der Waals surface area contributed by atoms with E-state index in [2.05, 4.69) is 10.7 Å². The molecule has 0 aliphatic carbocycles. The van der Waals surface area contributed by atoms with Gasteiger partial charge >= 0.3 is 5.97 Å². The van der Waals surface area contributed by atoms with Crippen molar-refractivity contribution in [3.05, 3.63) is 83.8 Å². The zero-order valence-electron chi connectivity index (χ0n) is 19.5. The van der Waals surface area contributed by atoms with E-state index in [9.17, 15) is 15.0 Å². The average molecular weight is 476 g/mol. The Bertz CT molecular complexity index is 1210. The Kier molecular flexibility index (Phi) is 6.54. The first kappa shape index (κ1) is 23.1. The number of β-amino-alcohol motifs (C(OH)–C–C–N with tert-alkyl or cyclic N) is 1. The molecule has 1 fully saturated rings. The summed E-state index contributed by atoms with van der Waals surface area (Å²) in [7, 11) is 0. The number of hydrogen-bond donors (Lipinski definition) is 3. The first-order valence-electron chi connectivity index (χ1n) is 11.8. The molecular weight excluding hydrogens is 446 g/mol. The fourth-order valence-corrected chi connectivity index (χ4v) is 4.63. The third-order valence-corrected chi connectivity index (χ3v) is 6.62. The highest BCUT2D eigenvalue weighted by Gasteiger charge is 2.27. The van der Waals surface area contributed by atoms with E-state index in [1.165, 1.54) is 0 Å². The fourth-order valence-electron chi connectivity index (χ4n) is 4.63. The summed E-state index contributed by atoms with van der Waals surface area (Å²) in [5.41, 5.74) is 7.38. The SMILES string of the molecule is Cc1c(C2=CN(c3ccc(C(O)CN4CCC[C@H](C(=O)O)C4)cc3)NO2)cnn1-c1ccccc1. The minimum atomic E-state index is -0.760. The first-order valence-corrected chi connectivity index (χ1v) is 11.8. The number of aliphatic hydroxyl groups is 1. The number of carbonyl (C=O) groups is 1. The van der Waals surface area contributed by atoms with Crippen LogP contribution in [0.4, 0.5) is 5.69 Å². The Labute approximate surface area is 203 Å².